The SMILES string of the molecule is Nc1cc(-c2ccccc2)nn1-c1nccc(C(F)(F)F)n1. The summed E-state index contributed by atoms with van der Waals surface area (Å²) in [5.41, 5.74) is 6.08. The molecule has 0 amide bonds. The molecule has 0 spiro atoms. The Labute approximate surface area is 123 Å². The third-order valence-electron chi connectivity index (χ3n) is 2.93. The van der Waals surface area contributed by atoms with Gasteiger partial charge < -0.3 is 5.73 Å². The predicted molar refractivity (Wildman–Crippen MR) is 74.0 cm³/mol. The van der Waals surface area contributed by atoms with E-state index in [0.29, 0.717) is 5.69 Å². The minimum atomic E-state index is -4.55. The van der Waals surface area contributed by atoms with Crippen molar-refractivity contribution in [3.8, 4) is 17.2 Å². The molecule has 112 valence electrons. The number of anilines is 1. The predicted octanol–water partition coefficient (Wildman–Crippen LogP) is 2.93. The molecule has 3 aromatic rings. The fraction of sp³-hybridized carbons (Fsp3) is 0.0714. The lowest BCUT2D eigenvalue weighted by Gasteiger charge is -2.07. The van der Waals surface area contributed by atoms with E-state index >= 15 is 0 Å². The third-order valence-corrected chi connectivity index (χ3v) is 2.93. The van der Waals surface area contributed by atoms with Gasteiger partial charge in [-0.3, -0.25) is 0 Å². The van der Waals surface area contributed by atoms with Crippen LogP contribution < -0.4 is 5.73 Å². The molecule has 2 N–H and O–H groups in total. The zero-order valence-corrected chi connectivity index (χ0v) is 11.1. The Hall–Kier alpha value is -2.90. The van der Waals surface area contributed by atoms with Gasteiger partial charge in [0.2, 0.25) is 0 Å². The van der Waals surface area contributed by atoms with E-state index in [-0.39, 0.29) is 11.8 Å². The molecule has 3 rings (SSSR count). The van der Waals surface area contributed by atoms with E-state index in [4.69, 9.17) is 5.73 Å². The van der Waals surface area contributed by atoms with Crippen LogP contribution in [0.15, 0.2) is 48.7 Å². The normalized spacial score (nSPS) is 11.6. The molecule has 0 saturated carbocycles. The second kappa shape index (κ2) is 5.14. The summed E-state index contributed by atoms with van der Waals surface area (Å²) in [5, 5.41) is 4.17. The summed E-state index contributed by atoms with van der Waals surface area (Å²) >= 11 is 0. The second-order valence-corrected chi connectivity index (χ2v) is 4.47. The Kier molecular flexibility index (Phi) is 3.28. The van der Waals surface area contributed by atoms with Gasteiger partial charge in [-0.1, -0.05) is 30.3 Å². The Morgan fingerprint density at radius 2 is 1.77 bits per heavy atom. The summed E-state index contributed by atoms with van der Waals surface area (Å²) in [6.07, 6.45) is -3.53. The van der Waals surface area contributed by atoms with Gasteiger partial charge in [-0.2, -0.15) is 23.0 Å². The topological polar surface area (TPSA) is 69.6 Å². The zero-order valence-electron chi connectivity index (χ0n) is 11.1. The lowest BCUT2D eigenvalue weighted by atomic mass is 10.2. The van der Waals surface area contributed by atoms with Crippen molar-refractivity contribution in [3.05, 3.63) is 54.4 Å². The maximum Gasteiger partial charge on any atom is 0.433 e. The van der Waals surface area contributed by atoms with Gasteiger partial charge in [0.1, 0.15) is 11.5 Å². The van der Waals surface area contributed by atoms with Crippen LogP contribution in [0.5, 0.6) is 0 Å². The first kappa shape index (κ1) is 14.1. The van der Waals surface area contributed by atoms with Crippen LogP contribution in [0.2, 0.25) is 0 Å². The molecular weight excluding hydrogens is 295 g/mol. The van der Waals surface area contributed by atoms with E-state index in [9.17, 15) is 13.2 Å². The molecule has 2 aromatic heterocycles. The van der Waals surface area contributed by atoms with Gasteiger partial charge in [-0.15, -0.1) is 0 Å². The number of alkyl halides is 3. The monoisotopic (exact) mass is 305 g/mol. The Morgan fingerprint density at radius 3 is 2.45 bits per heavy atom. The quantitative estimate of drug-likeness (QED) is 0.790. The summed E-state index contributed by atoms with van der Waals surface area (Å²) in [7, 11) is 0. The maximum absolute atomic E-state index is 12.7. The van der Waals surface area contributed by atoms with Crippen molar-refractivity contribution in [2.45, 2.75) is 6.18 Å². The molecule has 0 atom stereocenters. The highest BCUT2D eigenvalue weighted by molar-refractivity contribution is 5.62. The van der Waals surface area contributed by atoms with Crippen molar-refractivity contribution >= 4 is 5.82 Å². The van der Waals surface area contributed by atoms with E-state index in [0.717, 1.165) is 22.5 Å². The molecule has 1 aromatic carbocycles. The van der Waals surface area contributed by atoms with Crippen LogP contribution >= 0.6 is 0 Å². The summed E-state index contributed by atoms with van der Waals surface area (Å²) < 4.78 is 39.2. The Morgan fingerprint density at radius 1 is 1.05 bits per heavy atom. The fourth-order valence-corrected chi connectivity index (χ4v) is 1.91. The number of hydrogen-bond acceptors (Lipinski definition) is 4. The summed E-state index contributed by atoms with van der Waals surface area (Å²) in [4.78, 5) is 7.27. The van der Waals surface area contributed by atoms with Gasteiger partial charge in [0, 0.05) is 17.8 Å². The highest BCUT2D eigenvalue weighted by atomic mass is 19.4. The van der Waals surface area contributed by atoms with Crippen molar-refractivity contribution in [1.82, 2.24) is 19.7 Å². The smallest absolute Gasteiger partial charge is 0.383 e. The minimum absolute atomic E-state index is 0.151. The van der Waals surface area contributed by atoms with E-state index in [1.165, 1.54) is 0 Å². The van der Waals surface area contributed by atoms with Crippen molar-refractivity contribution in [2.75, 3.05) is 5.73 Å². The number of nitrogen functional groups attached to an aromatic ring is 1. The summed E-state index contributed by atoms with van der Waals surface area (Å²) in [5.74, 6) is -0.0762. The lowest BCUT2D eigenvalue weighted by Crippen LogP contribution is -2.13. The van der Waals surface area contributed by atoms with Crippen molar-refractivity contribution in [1.29, 1.82) is 0 Å². The number of rotatable bonds is 2. The van der Waals surface area contributed by atoms with Crippen molar-refractivity contribution < 1.29 is 13.2 Å². The molecule has 22 heavy (non-hydrogen) atoms. The molecule has 0 fully saturated rings. The van der Waals surface area contributed by atoms with Gasteiger partial charge >= 0.3 is 6.18 Å². The molecule has 5 nitrogen and oxygen atoms in total. The van der Waals surface area contributed by atoms with E-state index in [1.54, 1.807) is 6.07 Å². The lowest BCUT2D eigenvalue weighted by molar-refractivity contribution is -0.141. The van der Waals surface area contributed by atoms with Gasteiger partial charge in [0.05, 0.1) is 5.69 Å². The molecule has 0 aliphatic rings. The highest BCUT2D eigenvalue weighted by Crippen LogP contribution is 2.28. The van der Waals surface area contributed by atoms with Crippen molar-refractivity contribution in [3.63, 3.8) is 0 Å². The first-order valence-corrected chi connectivity index (χ1v) is 6.27. The number of hydrogen-bond donors (Lipinski definition) is 1. The minimum Gasteiger partial charge on any atom is -0.383 e. The second-order valence-electron chi connectivity index (χ2n) is 4.47. The van der Waals surface area contributed by atoms with Gasteiger partial charge in [0.25, 0.3) is 5.95 Å². The van der Waals surface area contributed by atoms with Crippen LogP contribution in [-0.2, 0) is 6.18 Å². The van der Waals surface area contributed by atoms with Crippen LogP contribution in [0, 0.1) is 0 Å². The third kappa shape index (κ3) is 2.62. The zero-order chi connectivity index (χ0) is 15.7. The van der Waals surface area contributed by atoms with Crippen LogP contribution in [-0.4, -0.2) is 19.7 Å². The van der Waals surface area contributed by atoms with E-state index < -0.39 is 11.9 Å². The molecule has 8 heteroatoms. The summed E-state index contributed by atoms with van der Waals surface area (Å²) in [6.45, 7) is 0. The highest BCUT2D eigenvalue weighted by Gasteiger charge is 2.33. The molecule has 0 unspecified atom stereocenters. The maximum atomic E-state index is 12.7. The number of nitrogens with zero attached hydrogens (tertiary/aromatic N) is 4. The molecule has 0 aliphatic carbocycles. The fourth-order valence-electron chi connectivity index (χ4n) is 1.91. The molecule has 0 bridgehead atoms. The van der Waals surface area contributed by atoms with Crippen LogP contribution in [0.25, 0.3) is 17.2 Å². The Bertz CT molecular complexity index is 796. The number of halogens is 3. The first-order chi connectivity index (χ1) is 10.4. The molecule has 2 heterocycles. The molecular formula is C14H10F3N5. The Balaban J connectivity index is 2.05. The van der Waals surface area contributed by atoms with Crippen LogP contribution in [0.1, 0.15) is 5.69 Å². The standard InChI is InChI=1S/C14H10F3N5/c15-14(16,17)11-6-7-19-13(20-11)22-12(18)8-10(21-22)9-4-2-1-3-5-9/h1-8H,18H2. The van der Waals surface area contributed by atoms with Crippen LogP contribution in [0.4, 0.5) is 19.0 Å². The van der Waals surface area contributed by atoms with Crippen molar-refractivity contribution in [2.24, 2.45) is 0 Å². The van der Waals surface area contributed by atoms with E-state index in [2.05, 4.69) is 15.1 Å². The molecule has 0 saturated heterocycles. The van der Waals surface area contributed by atoms with Gasteiger partial charge in [-0.25, -0.2) is 9.97 Å². The molecule has 0 aliphatic heterocycles. The number of aromatic nitrogens is 4. The van der Waals surface area contributed by atoms with Gasteiger partial charge in [0.15, 0.2) is 0 Å². The molecule has 0 radical (unpaired) electrons. The first-order valence-electron chi connectivity index (χ1n) is 6.27. The summed E-state index contributed by atoms with van der Waals surface area (Å²) in [6, 6.07) is 11.5. The van der Waals surface area contributed by atoms with Gasteiger partial charge in [-0.05, 0) is 6.07 Å². The average Bonchev–Trinajstić information content (AvgIpc) is 2.89. The average molecular weight is 305 g/mol. The van der Waals surface area contributed by atoms with Crippen LogP contribution in [0.3, 0.4) is 0 Å². The largest absolute Gasteiger partial charge is 0.433 e. The number of nitrogens with two attached hydrogens (primary N) is 1. The van der Waals surface area contributed by atoms with E-state index in [1.807, 2.05) is 30.3 Å². The number of benzene rings is 1.